The average Bonchev–Trinajstić information content (AvgIpc) is 3.02. The van der Waals surface area contributed by atoms with Crippen LogP contribution in [-0.4, -0.2) is 17.5 Å². The van der Waals surface area contributed by atoms with Crippen LogP contribution in [0.15, 0.2) is 90.0 Å². The van der Waals surface area contributed by atoms with Crippen LogP contribution in [0, 0.1) is 0 Å². The van der Waals surface area contributed by atoms with Crippen LogP contribution in [0.2, 0.25) is 0 Å². The second kappa shape index (κ2) is 5.79. The number of benzene rings is 3. The van der Waals surface area contributed by atoms with E-state index in [4.69, 9.17) is 0 Å². The van der Waals surface area contributed by atoms with Crippen molar-refractivity contribution in [1.82, 2.24) is 3.97 Å². The molecule has 0 saturated carbocycles. The van der Waals surface area contributed by atoms with E-state index in [1.165, 1.54) is 10.0 Å². The van der Waals surface area contributed by atoms with Gasteiger partial charge in [-0.1, -0.05) is 48.5 Å². The van der Waals surface area contributed by atoms with Gasteiger partial charge in [0.15, 0.2) is 0 Å². The molecule has 5 heteroatoms. The average molecular weight is 349 g/mol. The Labute approximate surface area is 145 Å². The molecule has 0 amide bonds. The van der Waals surface area contributed by atoms with E-state index >= 15 is 0 Å². The summed E-state index contributed by atoms with van der Waals surface area (Å²) in [4.78, 5) is 0.222. The fourth-order valence-electron chi connectivity index (χ4n) is 2.94. The molecule has 1 aromatic heterocycles. The Balaban J connectivity index is 2.04. The summed E-state index contributed by atoms with van der Waals surface area (Å²) in [5.41, 5.74) is 2.17. The van der Waals surface area contributed by atoms with Crippen molar-refractivity contribution in [2.24, 2.45) is 0 Å². The Kier molecular flexibility index (Phi) is 3.58. The van der Waals surface area contributed by atoms with Crippen LogP contribution < -0.4 is 0 Å². The number of phenols is 1. The van der Waals surface area contributed by atoms with Crippen molar-refractivity contribution in [2.75, 3.05) is 0 Å². The van der Waals surface area contributed by atoms with Gasteiger partial charge in [-0.3, -0.25) is 0 Å². The number of nitrogens with zero attached hydrogens (tertiary/aromatic N) is 1. The minimum Gasteiger partial charge on any atom is -0.508 e. The largest absolute Gasteiger partial charge is 0.508 e. The third-order valence-corrected chi connectivity index (χ3v) is 5.83. The zero-order valence-corrected chi connectivity index (χ0v) is 14.0. The van der Waals surface area contributed by atoms with E-state index in [1.807, 2.05) is 30.3 Å². The van der Waals surface area contributed by atoms with Gasteiger partial charge in [0, 0.05) is 17.1 Å². The first-order valence-electron chi connectivity index (χ1n) is 7.77. The maximum atomic E-state index is 13.1. The molecule has 0 radical (unpaired) electrons. The Morgan fingerprint density at radius 1 is 0.800 bits per heavy atom. The Morgan fingerprint density at radius 2 is 1.44 bits per heavy atom. The molecular weight excluding hydrogens is 334 g/mol. The van der Waals surface area contributed by atoms with Crippen LogP contribution in [0.1, 0.15) is 0 Å². The first kappa shape index (κ1) is 15.5. The fourth-order valence-corrected chi connectivity index (χ4v) is 4.33. The van der Waals surface area contributed by atoms with Crippen molar-refractivity contribution in [2.45, 2.75) is 4.90 Å². The molecule has 4 nitrogen and oxygen atoms in total. The highest BCUT2D eigenvalue weighted by Crippen LogP contribution is 2.34. The molecule has 124 valence electrons. The summed E-state index contributed by atoms with van der Waals surface area (Å²) >= 11 is 0. The molecule has 0 bridgehead atoms. The van der Waals surface area contributed by atoms with Gasteiger partial charge in [0.2, 0.25) is 0 Å². The highest BCUT2D eigenvalue weighted by Gasteiger charge is 2.21. The lowest BCUT2D eigenvalue weighted by atomic mass is 10.1. The number of aromatic hydroxyl groups is 1. The fraction of sp³-hybridized carbons (Fsp3) is 0. The standard InChI is InChI=1S/C20H15NO3S/c22-16-11-12-20-18(13-16)19(15-7-3-1-4-8-15)14-21(20)25(23,24)17-9-5-2-6-10-17/h1-14,22H. The lowest BCUT2D eigenvalue weighted by Gasteiger charge is -2.07. The normalized spacial score (nSPS) is 11.7. The lowest BCUT2D eigenvalue weighted by Crippen LogP contribution is -2.11. The van der Waals surface area contributed by atoms with E-state index < -0.39 is 10.0 Å². The van der Waals surface area contributed by atoms with Crippen molar-refractivity contribution in [3.63, 3.8) is 0 Å². The second-order valence-corrected chi connectivity index (χ2v) is 7.54. The van der Waals surface area contributed by atoms with Crippen LogP contribution in [0.3, 0.4) is 0 Å². The molecular formula is C20H15NO3S. The summed E-state index contributed by atoms with van der Waals surface area (Å²) in [7, 11) is -3.73. The van der Waals surface area contributed by atoms with Crippen molar-refractivity contribution in [3.05, 3.63) is 85.1 Å². The molecule has 0 atom stereocenters. The first-order valence-corrected chi connectivity index (χ1v) is 9.21. The van der Waals surface area contributed by atoms with E-state index in [2.05, 4.69) is 0 Å². The van der Waals surface area contributed by atoms with Crippen molar-refractivity contribution in [1.29, 1.82) is 0 Å². The van der Waals surface area contributed by atoms with Gasteiger partial charge >= 0.3 is 0 Å². The predicted molar refractivity (Wildman–Crippen MR) is 98.1 cm³/mol. The molecule has 0 unspecified atom stereocenters. The first-order chi connectivity index (χ1) is 12.1. The molecule has 4 rings (SSSR count). The minimum atomic E-state index is -3.73. The summed E-state index contributed by atoms with van der Waals surface area (Å²) in [5, 5.41) is 10.6. The van der Waals surface area contributed by atoms with Gasteiger partial charge < -0.3 is 5.11 Å². The third-order valence-electron chi connectivity index (χ3n) is 4.14. The number of hydrogen-bond donors (Lipinski definition) is 1. The number of aromatic nitrogens is 1. The Morgan fingerprint density at radius 3 is 2.12 bits per heavy atom. The lowest BCUT2D eigenvalue weighted by molar-refractivity contribution is 0.476. The van der Waals surface area contributed by atoms with Crippen LogP contribution >= 0.6 is 0 Å². The highest BCUT2D eigenvalue weighted by atomic mass is 32.2. The summed E-state index contributed by atoms with van der Waals surface area (Å²) in [6.45, 7) is 0. The smallest absolute Gasteiger partial charge is 0.268 e. The molecule has 1 heterocycles. The molecule has 0 spiro atoms. The van der Waals surface area contributed by atoms with Gasteiger partial charge in [0.1, 0.15) is 5.75 Å². The van der Waals surface area contributed by atoms with Crippen molar-refractivity contribution >= 4 is 20.9 Å². The molecule has 0 fully saturated rings. The van der Waals surface area contributed by atoms with Crippen molar-refractivity contribution < 1.29 is 13.5 Å². The maximum Gasteiger partial charge on any atom is 0.268 e. The molecule has 1 N–H and O–H groups in total. The van der Waals surface area contributed by atoms with Crippen molar-refractivity contribution in [3.8, 4) is 16.9 Å². The SMILES string of the molecule is O=S(=O)(c1ccccc1)n1cc(-c2ccccc2)c2cc(O)ccc21. The van der Waals surface area contributed by atoms with Gasteiger partial charge in [0.05, 0.1) is 10.4 Å². The minimum absolute atomic E-state index is 0.0968. The van der Waals surface area contributed by atoms with E-state index in [0.717, 1.165) is 11.1 Å². The molecule has 0 aliphatic carbocycles. The van der Waals surface area contributed by atoms with Crippen LogP contribution in [-0.2, 0) is 10.0 Å². The monoisotopic (exact) mass is 349 g/mol. The van der Waals surface area contributed by atoms with Crippen LogP contribution in [0.25, 0.3) is 22.0 Å². The van der Waals surface area contributed by atoms with E-state index in [1.54, 1.807) is 48.7 Å². The molecule has 0 aliphatic heterocycles. The topological polar surface area (TPSA) is 59.3 Å². The summed E-state index contributed by atoms with van der Waals surface area (Å²) < 4.78 is 27.4. The summed E-state index contributed by atoms with van der Waals surface area (Å²) in [5.74, 6) is 0.0968. The summed E-state index contributed by atoms with van der Waals surface area (Å²) in [6, 6.07) is 22.6. The highest BCUT2D eigenvalue weighted by molar-refractivity contribution is 7.90. The molecule has 0 aliphatic rings. The Hall–Kier alpha value is -3.05. The molecule has 4 aromatic rings. The maximum absolute atomic E-state index is 13.1. The number of phenolic OH excluding ortho intramolecular Hbond substituents is 1. The van der Waals surface area contributed by atoms with E-state index in [0.29, 0.717) is 10.9 Å². The van der Waals surface area contributed by atoms with Gasteiger partial charge in [-0.15, -0.1) is 0 Å². The van der Waals surface area contributed by atoms with Crippen LogP contribution in [0.4, 0.5) is 0 Å². The quantitative estimate of drug-likeness (QED) is 0.601. The van der Waals surface area contributed by atoms with Crippen LogP contribution in [0.5, 0.6) is 5.75 Å². The number of rotatable bonds is 3. The number of hydrogen-bond acceptors (Lipinski definition) is 3. The predicted octanol–water partition coefficient (Wildman–Crippen LogP) is 4.25. The zero-order valence-electron chi connectivity index (χ0n) is 13.2. The Bertz CT molecular complexity index is 1150. The second-order valence-electron chi connectivity index (χ2n) is 5.72. The number of fused-ring (bicyclic) bond motifs is 1. The van der Waals surface area contributed by atoms with Gasteiger partial charge in [0.25, 0.3) is 10.0 Å². The summed E-state index contributed by atoms with van der Waals surface area (Å²) in [6.07, 6.45) is 1.61. The molecule has 3 aromatic carbocycles. The van der Waals surface area contributed by atoms with Gasteiger partial charge in [-0.2, -0.15) is 0 Å². The zero-order chi connectivity index (χ0) is 17.4. The van der Waals surface area contributed by atoms with Gasteiger partial charge in [-0.05, 0) is 35.9 Å². The molecule has 0 saturated heterocycles. The third kappa shape index (κ3) is 2.58. The molecule has 25 heavy (non-hydrogen) atoms. The van der Waals surface area contributed by atoms with E-state index in [9.17, 15) is 13.5 Å². The van der Waals surface area contributed by atoms with E-state index in [-0.39, 0.29) is 10.6 Å². The van der Waals surface area contributed by atoms with Gasteiger partial charge in [-0.25, -0.2) is 12.4 Å².